The van der Waals surface area contributed by atoms with Crippen molar-refractivity contribution in [2.75, 3.05) is 0 Å². The van der Waals surface area contributed by atoms with Crippen LogP contribution in [0.3, 0.4) is 0 Å². The van der Waals surface area contributed by atoms with Crippen LogP contribution in [0.1, 0.15) is 43.4 Å². The molecular weight excluding hydrogens is 358 g/mol. The van der Waals surface area contributed by atoms with Crippen molar-refractivity contribution in [3.8, 4) is 0 Å². The lowest BCUT2D eigenvalue weighted by atomic mass is 9.87. The van der Waals surface area contributed by atoms with Crippen molar-refractivity contribution in [1.82, 2.24) is 15.6 Å². The van der Waals surface area contributed by atoms with Crippen molar-refractivity contribution in [2.45, 2.75) is 51.3 Å². The maximum atomic E-state index is 11.9. The van der Waals surface area contributed by atoms with E-state index < -0.39 is 11.7 Å². The molecule has 1 aliphatic carbocycles. The lowest BCUT2D eigenvalue weighted by Gasteiger charge is -2.36. The van der Waals surface area contributed by atoms with E-state index in [0.717, 1.165) is 3.79 Å². The Balaban J connectivity index is 1.70. The number of hydrogen-bond donors (Lipinski definition) is 2. The number of thiazole rings is 1. The number of rotatable bonds is 3. The highest BCUT2D eigenvalue weighted by atomic mass is 79.9. The van der Waals surface area contributed by atoms with Gasteiger partial charge in [0.25, 0.3) is 5.91 Å². The van der Waals surface area contributed by atoms with E-state index in [9.17, 15) is 9.59 Å². The molecular formula is C13H18BrN3O3S. The third kappa shape index (κ3) is 4.96. The number of carbonyl (C=O) groups is 2. The van der Waals surface area contributed by atoms with Gasteiger partial charge in [0, 0.05) is 12.1 Å². The molecule has 0 unspecified atom stereocenters. The Bertz CT molecular complexity index is 535. The Morgan fingerprint density at radius 3 is 2.48 bits per heavy atom. The maximum Gasteiger partial charge on any atom is 0.407 e. The molecule has 21 heavy (non-hydrogen) atoms. The van der Waals surface area contributed by atoms with Crippen molar-refractivity contribution < 1.29 is 14.3 Å². The van der Waals surface area contributed by atoms with Gasteiger partial charge in [-0.2, -0.15) is 0 Å². The molecule has 8 heteroatoms. The summed E-state index contributed by atoms with van der Waals surface area (Å²) in [5.74, 6) is -0.175. The fourth-order valence-corrected chi connectivity index (χ4v) is 3.04. The van der Waals surface area contributed by atoms with Crippen molar-refractivity contribution in [2.24, 2.45) is 0 Å². The third-order valence-electron chi connectivity index (χ3n) is 2.87. The molecule has 1 aromatic heterocycles. The Hall–Kier alpha value is -1.15. The highest BCUT2D eigenvalue weighted by Gasteiger charge is 2.33. The van der Waals surface area contributed by atoms with Crippen LogP contribution in [0, 0.1) is 0 Å². The first kappa shape index (κ1) is 16.2. The second kappa shape index (κ2) is 6.31. The summed E-state index contributed by atoms with van der Waals surface area (Å²) in [4.78, 5) is 27.5. The van der Waals surface area contributed by atoms with Gasteiger partial charge in [-0.1, -0.05) is 0 Å². The van der Waals surface area contributed by atoms with E-state index in [4.69, 9.17) is 4.74 Å². The molecule has 116 valence electrons. The van der Waals surface area contributed by atoms with Gasteiger partial charge in [-0.05, 0) is 49.5 Å². The standard InChI is InChI=1S/C13H18BrN3O3S/c1-13(2,3)20-12(19)17-8-4-7(5-8)16-10(18)11-15-6-9(14)21-11/h6-8H,4-5H2,1-3H3,(H,16,18)(H,17,19)/t7-,8-. The zero-order valence-electron chi connectivity index (χ0n) is 12.1. The quantitative estimate of drug-likeness (QED) is 0.850. The van der Waals surface area contributed by atoms with Crippen LogP contribution in [0.25, 0.3) is 0 Å². The summed E-state index contributed by atoms with van der Waals surface area (Å²) in [5, 5.41) is 6.12. The number of halogens is 1. The maximum absolute atomic E-state index is 11.9. The minimum atomic E-state index is -0.500. The minimum Gasteiger partial charge on any atom is -0.444 e. The number of alkyl carbamates (subject to hydrolysis) is 1. The smallest absolute Gasteiger partial charge is 0.407 e. The van der Waals surface area contributed by atoms with Gasteiger partial charge in [-0.15, -0.1) is 11.3 Å². The summed E-state index contributed by atoms with van der Waals surface area (Å²) in [5.41, 5.74) is -0.500. The van der Waals surface area contributed by atoms with Crippen LogP contribution in [0.2, 0.25) is 0 Å². The van der Waals surface area contributed by atoms with Crippen LogP contribution in [0.5, 0.6) is 0 Å². The van der Waals surface area contributed by atoms with Crippen LogP contribution in [-0.4, -0.2) is 34.7 Å². The SMILES string of the molecule is CC(C)(C)OC(=O)N[C@H]1C[C@H](NC(=O)c2ncc(Br)s2)C1. The van der Waals surface area contributed by atoms with E-state index in [-0.39, 0.29) is 18.0 Å². The zero-order chi connectivity index (χ0) is 15.6. The fraction of sp³-hybridized carbons (Fsp3) is 0.615. The summed E-state index contributed by atoms with van der Waals surface area (Å²) < 4.78 is 6.01. The van der Waals surface area contributed by atoms with Gasteiger partial charge in [0.05, 0.1) is 9.98 Å². The van der Waals surface area contributed by atoms with E-state index >= 15 is 0 Å². The highest BCUT2D eigenvalue weighted by molar-refractivity contribution is 9.11. The van der Waals surface area contributed by atoms with Crippen LogP contribution in [-0.2, 0) is 4.74 Å². The first-order chi connectivity index (χ1) is 9.73. The number of ether oxygens (including phenoxy) is 1. The molecule has 1 aliphatic rings. The normalized spacial score (nSPS) is 21.3. The Morgan fingerprint density at radius 1 is 1.33 bits per heavy atom. The van der Waals surface area contributed by atoms with Crippen LogP contribution < -0.4 is 10.6 Å². The number of hydrogen-bond acceptors (Lipinski definition) is 5. The lowest BCUT2D eigenvalue weighted by Crippen LogP contribution is -2.54. The number of carbonyl (C=O) groups excluding carboxylic acids is 2. The molecule has 0 spiro atoms. The summed E-state index contributed by atoms with van der Waals surface area (Å²) >= 11 is 4.57. The molecule has 1 heterocycles. The Morgan fingerprint density at radius 2 is 1.95 bits per heavy atom. The summed E-state index contributed by atoms with van der Waals surface area (Å²) in [6, 6.07) is 0.119. The van der Waals surface area contributed by atoms with Crippen LogP contribution in [0.15, 0.2) is 9.98 Å². The monoisotopic (exact) mass is 375 g/mol. The molecule has 1 fully saturated rings. The first-order valence-electron chi connectivity index (χ1n) is 6.64. The molecule has 0 atom stereocenters. The average molecular weight is 376 g/mol. The molecule has 0 aromatic carbocycles. The van der Waals surface area contributed by atoms with Gasteiger partial charge >= 0.3 is 6.09 Å². The second-order valence-electron chi connectivity index (χ2n) is 5.95. The summed E-state index contributed by atoms with van der Waals surface area (Å²) in [7, 11) is 0. The second-order valence-corrected chi connectivity index (χ2v) is 8.36. The van der Waals surface area contributed by atoms with Crippen molar-refractivity contribution in [1.29, 1.82) is 0 Å². The Kier molecular flexibility index (Phi) is 4.88. The van der Waals surface area contributed by atoms with Gasteiger partial charge in [-0.25, -0.2) is 9.78 Å². The van der Waals surface area contributed by atoms with E-state index in [2.05, 4.69) is 31.5 Å². The molecule has 1 saturated carbocycles. The lowest BCUT2D eigenvalue weighted by molar-refractivity contribution is 0.0465. The number of aromatic nitrogens is 1. The third-order valence-corrected chi connectivity index (χ3v) is 4.34. The van der Waals surface area contributed by atoms with E-state index in [1.165, 1.54) is 11.3 Å². The largest absolute Gasteiger partial charge is 0.444 e. The van der Waals surface area contributed by atoms with E-state index in [0.29, 0.717) is 17.8 Å². The van der Waals surface area contributed by atoms with Crippen molar-refractivity contribution >= 4 is 39.3 Å². The van der Waals surface area contributed by atoms with Gasteiger partial charge in [0.1, 0.15) is 5.60 Å². The predicted octanol–water partition coefficient (Wildman–Crippen LogP) is 2.69. The van der Waals surface area contributed by atoms with Crippen LogP contribution in [0.4, 0.5) is 4.79 Å². The average Bonchev–Trinajstić information content (AvgIpc) is 2.70. The van der Waals surface area contributed by atoms with Crippen molar-refractivity contribution in [3.05, 3.63) is 15.0 Å². The summed E-state index contributed by atoms with van der Waals surface area (Å²) in [6.07, 6.45) is 2.60. The molecule has 6 nitrogen and oxygen atoms in total. The molecule has 0 aliphatic heterocycles. The molecule has 1 aromatic rings. The van der Waals surface area contributed by atoms with Crippen molar-refractivity contribution in [3.63, 3.8) is 0 Å². The topological polar surface area (TPSA) is 80.3 Å². The van der Waals surface area contributed by atoms with Gasteiger partial charge in [0.2, 0.25) is 0 Å². The number of nitrogens with zero attached hydrogens (tertiary/aromatic N) is 1. The summed E-state index contributed by atoms with van der Waals surface area (Å²) in [6.45, 7) is 5.47. The Labute approximate surface area is 135 Å². The van der Waals surface area contributed by atoms with Gasteiger partial charge < -0.3 is 15.4 Å². The van der Waals surface area contributed by atoms with Gasteiger partial charge in [0.15, 0.2) is 5.01 Å². The highest BCUT2D eigenvalue weighted by Crippen LogP contribution is 2.23. The van der Waals surface area contributed by atoms with Crippen LogP contribution >= 0.6 is 27.3 Å². The molecule has 2 rings (SSSR count). The number of amides is 2. The minimum absolute atomic E-state index is 0.0492. The molecule has 2 amide bonds. The predicted molar refractivity (Wildman–Crippen MR) is 83.5 cm³/mol. The molecule has 0 saturated heterocycles. The molecule has 0 bridgehead atoms. The zero-order valence-corrected chi connectivity index (χ0v) is 14.5. The van der Waals surface area contributed by atoms with E-state index in [1.807, 2.05) is 20.8 Å². The number of nitrogens with one attached hydrogen (secondary N) is 2. The van der Waals surface area contributed by atoms with Gasteiger partial charge in [-0.3, -0.25) is 4.79 Å². The molecule has 2 N–H and O–H groups in total. The molecule has 0 radical (unpaired) electrons. The fourth-order valence-electron chi connectivity index (χ4n) is 1.93. The first-order valence-corrected chi connectivity index (χ1v) is 8.25. The van der Waals surface area contributed by atoms with E-state index in [1.54, 1.807) is 6.20 Å².